The van der Waals surface area contributed by atoms with Gasteiger partial charge in [0.25, 0.3) is 0 Å². The Balaban J connectivity index is 1.48. The van der Waals surface area contributed by atoms with Crippen molar-refractivity contribution in [2.45, 2.75) is 51.8 Å². The number of rotatable bonds is 4. The summed E-state index contributed by atoms with van der Waals surface area (Å²) in [6.07, 6.45) is 3.11. The van der Waals surface area contributed by atoms with Gasteiger partial charge in [-0.15, -0.1) is 0 Å². The molecule has 0 radical (unpaired) electrons. The minimum atomic E-state index is -0.495. The van der Waals surface area contributed by atoms with Crippen LogP contribution in [0.15, 0.2) is 36.7 Å². The number of imidazole rings is 1. The van der Waals surface area contributed by atoms with E-state index in [0.717, 1.165) is 18.4 Å². The predicted molar refractivity (Wildman–Crippen MR) is 120 cm³/mol. The number of halogens is 1. The van der Waals surface area contributed by atoms with Gasteiger partial charge in [0.1, 0.15) is 5.60 Å². The molecule has 0 atom stereocenters. The lowest BCUT2D eigenvalue weighted by Crippen LogP contribution is -2.42. The van der Waals surface area contributed by atoms with E-state index < -0.39 is 5.60 Å². The summed E-state index contributed by atoms with van der Waals surface area (Å²) in [5.41, 5.74) is 2.03. The molecule has 1 aromatic carbocycles. The standard InChI is InChI=1S/C22H27ClN6O2/c1-22(2,3)31-21(30)28-11-9-16(10-12-28)29-14-25-17-18(26-20(23)27-19(17)29)24-13-15-7-5-4-6-8-15/h4-8,14,16H,9-13H2,1-3H3,(H,24,26,27). The van der Waals surface area contributed by atoms with Gasteiger partial charge in [0.05, 0.1) is 6.33 Å². The number of amides is 1. The first-order valence-electron chi connectivity index (χ1n) is 10.5. The largest absolute Gasteiger partial charge is 0.444 e. The second-order valence-corrected chi connectivity index (χ2v) is 9.04. The first-order chi connectivity index (χ1) is 14.8. The summed E-state index contributed by atoms with van der Waals surface area (Å²) in [4.78, 5) is 27.4. The molecule has 0 bridgehead atoms. The van der Waals surface area contributed by atoms with E-state index in [2.05, 4.69) is 20.3 Å². The Bertz CT molecular complexity index is 1060. The van der Waals surface area contributed by atoms with Crippen LogP contribution in [0, 0.1) is 0 Å². The summed E-state index contributed by atoms with van der Waals surface area (Å²) in [6, 6.07) is 10.2. The van der Waals surface area contributed by atoms with Gasteiger partial charge in [0.2, 0.25) is 5.28 Å². The topological polar surface area (TPSA) is 85.2 Å². The second kappa shape index (κ2) is 8.70. The third kappa shape index (κ3) is 5.07. The Hall–Kier alpha value is -2.87. The molecule has 164 valence electrons. The SMILES string of the molecule is CC(C)(C)OC(=O)N1CCC(n2cnc3c(NCc4ccccc4)nc(Cl)nc32)CC1. The van der Waals surface area contributed by atoms with Crippen molar-refractivity contribution in [1.29, 1.82) is 0 Å². The average molecular weight is 443 g/mol. The third-order valence-electron chi connectivity index (χ3n) is 5.21. The summed E-state index contributed by atoms with van der Waals surface area (Å²) in [6.45, 7) is 7.49. The Morgan fingerprint density at radius 2 is 1.90 bits per heavy atom. The first-order valence-corrected chi connectivity index (χ1v) is 10.8. The van der Waals surface area contributed by atoms with E-state index in [1.165, 1.54) is 0 Å². The summed E-state index contributed by atoms with van der Waals surface area (Å²) in [5.74, 6) is 0.615. The van der Waals surface area contributed by atoms with Crippen molar-refractivity contribution in [2.75, 3.05) is 18.4 Å². The molecular formula is C22H27ClN6O2. The van der Waals surface area contributed by atoms with Gasteiger partial charge >= 0.3 is 6.09 Å². The number of carbonyl (C=O) groups is 1. The summed E-state index contributed by atoms with van der Waals surface area (Å²) >= 11 is 6.23. The van der Waals surface area contributed by atoms with Crippen LogP contribution in [0.2, 0.25) is 5.28 Å². The summed E-state index contributed by atoms with van der Waals surface area (Å²) in [5, 5.41) is 3.50. The fourth-order valence-electron chi connectivity index (χ4n) is 3.72. The minimum absolute atomic E-state index is 0.177. The molecule has 0 spiro atoms. The van der Waals surface area contributed by atoms with Crippen LogP contribution in [0.25, 0.3) is 11.2 Å². The molecule has 4 rings (SSSR count). The lowest BCUT2D eigenvalue weighted by atomic mass is 10.1. The molecule has 1 N–H and O–H groups in total. The first kappa shape index (κ1) is 21.4. The third-order valence-corrected chi connectivity index (χ3v) is 5.38. The molecule has 1 aliphatic rings. The number of ether oxygens (including phenoxy) is 1. The number of piperidine rings is 1. The highest BCUT2D eigenvalue weighted by Gasteiger charge is 2.28. The Morgan fingerprint density at radius 3 is 2.58 bits per heavy atom. The van der Waals surface area contributed by atoms with Gasteiger partial charge in [-0.2, -0.15) is 9.97 Å². The highest BCUT2D eigenvalue weighted by Crippen LogP contribution is 2.29. The van der Waals surface area contributed by atoms with Crippen LogP contribution in [0.1, 0.15) is 45.2 Å². The lowest BCUT2D eigenvalue weighted by molar-refractivity contribution is 0.0189. The number of aromatic nitrogens is 4. The number of nitrogens with one attached hydrogen (secondary N) is 1. The van der Waals surface area contributed by atoms with Gasteiger partial charge < -0.3 is 19.5 Å². The molecule has 2 aromatic heterocycles. The maximum absolute atomic E-state index is 12.3. The van der Waals surface area contributed by atoms with Crippen molar-refractivity contribution in [2.24, 2.45) is 0 Å². The number of anilines is 1. The highest BCUT2D eigenvalue weighted by molar-refractivity contribution is 6.28. The molecule has 0 unspecified atom stereocenters. The number of hydrogen-bond donors (Lipinski definition) is 1. The van der Waals surface area contributed by atoms with Crippen molar-refractivity contribution in [1.82, 2.24) is 24.4 Å². The van der Waals surface area contributed by atoms with Crippen LogP contribution in [-0.2, 0) is 11.3 Å². The molecule has 3 heterocycles. The minimum Gasteiger partial charge on any atom is -0.444 e. The molecule has 9 heteroatoms. The molecule has 31 heavy (non-hydrogen) atoms. The van der Waals surface area contributed by atoms with Crippen molar-refractivity contribution < 1.29 is 9.53 Å². The summed E-state index contributed by atoms with van der Waals surface area (Å²) in [7, 11) is 0. The van der Waals surface area contributed by atoms with E-state index in [0.29, 0.717) is 36.6 Å². The van der Waals surface area contributed by atoms with Gasteiger partial charge in [-0.3, -0.25) is 0 Å². The van der Waals surface area contributed by atoms with Crippen LogP contribution >= 0.6 is 11.6 Å². The highest BCUT2D eigenvalue weighted by atomic mass is 35.5. The van der Waals surface area contributed by atoms with Gasteiger partial charge in [-0.25, -0.2) is 9.78 Å². The van der Waals surface area contributed by atoms with Crippen molar-refractivity contribution in [3.05, 3.63) is 47.5 Å². The monoisotopic (exact) mass is 442 g/mol. The molecule has 1 aliphatic heterocycles. The lowest BCUT2D eigenvalue weighted by Gasteiger charge is -2.33. The van der Waals surface area contributed by atoms with E-state index in [-0.39, 0.29) is 17.4 Å². The van der Waals surface area contributed by atoms with Crippen LogP contribution in [0.4, 0.5) is 10.6 Å². The van der Waals surface area contributed by atoms with Gasteiger partial charge in [-0.05, 0) is 50.8 Å². The van der Waals surface area contributed by atoms with Crippen molar-refractivity contribution >= 4 is 34.7 Å². The quantitative estimate of drug-likeness (QED) is 0.591. The maximum Gasteiger partial charge on any atom is 0.410 e. The van der Waals surface area contributed by atoms with E-state index in [1.807, 2.05) is 55.7 Å². The Morgan fingerprint density at radius 1 is 1.19 bits per heavy atom. The molecular weight excluding hydrogens is 416 g/mol. The maximum atomic E-state index is 12.3. The average Bonchev–Trinajstić information content (AvgIpc) is 3.15. The van der Waals surface area contributed by atoms with E-state index in [9.17, 15) is 4.79 Å². The number of nitrogens with zero attached hydrogens (tertiary/aromatic N) is 5. The Kier molecular flexibility index (Phi) is 6.00. The molecule has 0 saturated carbocycles. The number of fused-ring (bicyclic) bond motifs is 1. The van der Waals surface area contributed by atoms with Crippen LogP contribution in [-0.4, -0.2) is 49.2 Å². The van der Waals surface area contributed by atoms with E-state index >= 15 is 0 Å². The normalized spacial score (nSPS) is 15.3. The zero-order valence-corrected chi connectivity index (χ0v) is 18.8. The molecule has 3 aromatic rings. The predicted octanol–water partition coefficient (Wildman–Crippen LogP) is 4.66. The number of carbonyl (C=O) groups excluding carboxylic acids is 1. The number of benzene rings is 1. The fraction of sp³-hybridized carbons (Fsp3) is 0.455. The van der Waals surface area contributed by atoms with E-state index in [1.54, 1.807) is 11.2 Å². The van der Waals surface area contributed by atoms with Crippen molar-refractivity contribution in [3.63, 3.8) is 0 Å². The summed E-state index contributed by atoms with van der Waals surface area (Å²) < 4.78 is 7.53. The van der Waals surface area contributed by atoms with Crippen LogP contribution in [0.5, 0.6) is 0 Å². The molecule has 8 nitrogen and oxygen atoms in total. The van der Waals surface area contributed by atoms with Gasteiger partial charge in [0.15, 0.2) is 17.0 Å². The fourth-order valence-corrected chi connectivity index (χ4v) is 3.88. The molecule has 1 amide bonds. The zero-order chi connectivity index (χ0) is 22.0. The van der Waals surface area contributed by atoms with Crippen LogP contribution in [0.3, 0.4) is 0 Å². The smallest absolute Gasteiger partial charge is 0.410 e. The van der Waals surface area contributed by atoms with Crippen molar-refractivity contribution in [3.8, 4) is 0 Å². The Labute approximate surface area is 186 Å². The van der Waals surface area contributed by atoms with E-state index in [4.69, 9.17) is 16.3 Å². The van der Waals surface area contributed by atoms with Gasteiger partial charge in [-0.1, -0.05) is 30.3 Å². The zero-order valence-electron chi connectivity index (χ0n) is 18.0. The van der Waals surface area contributed by atoms with Crippen LogP contribution < -0.4 is 5.32 Å². The molecule has 1 fully saturated rings. The number of likely N-dealkylation sites (tertiary alicyclic amines) is 1. The second-order valence-electron chi connectivity index (χ2n) is 8.70. The molecule has 1 saturated heterocycles. The van der Waals surface area contributed by atoms with Gasteiger partial charge in [0, 0.05) is 25.7 Å². The molecule has 0 aliphatic carbocycles. The number of hydrogen-bond acceptors (Lipinski definition) is 6.